The second-order valence-electron chi connectivity index (χ2n) is 5.65. The summed E-state index contributed by atoms with van der Waals surface area (Å²) in [6.45, 7) is 3.38. The zero-order valence-electron chi connectivity index (χ0n) is 12.7. The SMILES string of the molecule is CC1c2ccsc2CCN1S(=O)(=O)c1ccc2c(c1)OCCO2. The van der Waals surface area contributed by atoms with Crippen LogP contribution >= 0.6 is 11.3 Å². The largest absolute Gasteiger partial charge is 0.486 e. The lowest BCUT2D eigenvalue weighted by molar-refractivity contribution is 0.171. The van der Waals surface area contributed by atoms with E-state index in [4.69, 9.17) is 9.47 Å². The minimum atomic E-state index is -3.56. The Balaban J connectivity index is 1.71. The normalized spacial score (nSPS) is 21.0. The van der Waals surface area contributed by atoms with E-state index >= 15 is 0 Å². The van der Waals surface area contributed by atoms with Gasteiger partial charge in [0.1, 0.15) is 13.2 Å². The summed E-state index contributed by atoms with van der Waals surface area (Å²) in [4.78, 5) is 1.54. The smallest absolute Gasteiger partial charge is 0.243 e. The summed E-state index contributed by atoms with van der Waals surface area (Å²) in [5, 5.41) is 2.03. The third-order valence-corrected chi connectivity index (χ3v) is 7.30. The van der Waals surface area contributed by atoms with E-state index < -0.39 is 10.0 Å². The van der Waals surface area contributed by atoms with Gasteiger partial charge < -0.3 is 9.47 Å². The molecular formula is C16H17NO4S2. The van der Waals surface area contributed by atoms with Crippen LogP contribution in [0.25, 0.3) is 0 Å². The van der Waals surface area contributed by atoms with Gasteiger partial charge in [0, 0.05) is 23.5 Å². The molecule has 2 aliphatic rings. The molecule has 0 saturated heterocycles. The highest BCUT2D eigenvalue weighted by Crippen LogP contribution is 2.38. The maximum absolute atomic E-state index is 13.0. The monoisotopic (exact) mass is 351 g/mol. The Bertz CT molecular complexity index is 844. The number of benzene rings is 1. The molecular weight excluding hydrogens is 334 g/mol. The second-order valence-corrected chi connectivity index (χ2v) is 8.54. The molecule has 1 atom stereocenters. The van der Waals surface area contributed by atoms with Crippen molar-refractivity contribution in [1.29, 1.82) is 0 Å². The topological polar surface area (TPSA) is 55.8 Å². The number of rotatable bonds is 2. The van der Waals surface area contributed by atoms with Crippen molar-refractivity contribution in [3.05, 3.63) is 40.1 Å². The highest BCUT2D eigenvalue weighted by Gasteiger charge is 2.35. The summed E-state index contributed by atoms with van der Waals surface area (Å²) in [6, 6.07) is 6.71. The van der Waals surface area contributed by atoms with Crippen LogP contribution in [0.15, 0.2) is 34.5 Å². The summed E-state index contributed by atoms with van der Waals surface area (Å²) < 4.78 is 38.6. The van der Waals surface area contributed by atoms with Crippen LogP contribution in [0.1, 0.15) is 23.4 Å². The van der Waals surface area contributed by atoms with E-state index in [0.717, 1.165) is 12.0 Å². The van der Waals surface area contributed by atoms with E-state index in [2.05, 4.69) is 0 Å². The molecule has 2 aliphatic heterocycles. The second kappa shape index (κ2) is 5.51. The average Bonchev–Trinajstić information content (AvgIpc) is 3.04. The Labute approximate surface area is 139 Å². The Morgan fingerprint density at radius 3 is 2.78 bits per heavy atom. The van der Waals surface area contributed by atoms with Crippen LogP contribution in [0.5, 0.6) is 11.5 Å². The minimum Gasteiger partial charge on any atom is -0.486 e. The van der Waals surface area contributed by atoms with Crippen molar-refractivity contribution in [3.63, 3.8) is 0 Å². The van der Waals surface area contributed by atoms with Gasteiger partial charge in [-0.05, 0) is 42.5 Å². The first-order valence-corrected chi connectivity index (χ1v) is 9.87. The van der Waals surface area contributed by atoms with E-state index in [0.29, 0.717) is 31.3 Å². The lowest BCUT2D eigenvalue weighted by atomic mass is 10.0. The molecule has 122 valence electrons. The molecule has 1 aromatic heterocycles. The van der Waals surface area contributed by atoms with Crippen molar-refractivity contribution in [2.24, 2.45) is 0 Å². The fourth-order valence-electron chi connectivity index (χ4n) is 3.13. The quantitative estimate of drug-likeness (QED) is 0.835. The fourth-order valence-corrected chi connectivity index (χ4v) is 5.73. The van der Waals surface area contributed by atoms with Crippen molar-refractivity contribution in [3.8, 4) is 11.5 Å². The molecule has 3 heterocycles. The van der Waals surface area contributed by atoms with E-state index in [-0.39, 0.29) is 10.9 Å². The van der Waals surface area contributed by atoms with Crippen LogP contribution in [-0.4, -0.2) is 32.5 Å². The molecule has 0 N–H and O–H groups in total. The van der Waals surface area contributed by atoms with Gasteiger partial charge in [0.2, 0.25) is 10.0 Å². The van der Waals surface area contributed by atoms with Gasteiger partial charge in [0.05, 0.1) is 4.90 Å². The van der Waals surface area contributed by atoms with Crippen molar-refractivity contribution >= 4 is 21.4 Å². The van der Waals surface area contributed by atoms with E-state index in [1.807, 2.05) is 18.4 Å². The molecule has 2 aromatic rings. The van der Waals surface area contributed by atoms with Crippen molar-refractivity contribution in [1.82, 2.24) is 4.31 Å². The first-order chi connectivity index (χ1) is 11.1. The standard InChI is InChI=1S/C16H17NO4S2/c1-11-13-5-9-22-16(13)4-6-17(11)23(18,19)12-2-3-14-15(10-12)21-8-7-20-14/h2-3,5,9-11H,4,6-8H2,1H3. The third kappa shape index (κ3) is 2.43. The molecule has 23 heavy (non-hydrogen) atoms. The summed E-state index contributed by atoms with van der Waals surface area (Å²) in [5.74, 6) is 1.10. The van der Waals surface area contributed by atoms with Crippen LogP contribution < -0.4 is 9.47 Å². The van der Waals surface area contributed by atoms with Crippen LogP contribution in [-0.2, 0) is 16.4 Å². The van der Waals surface area contributed by atoms with Gasteiger partial charge in [0.25, 0.3) is 0 Å². The predicted octanol–water partition coefficient (Wildman–Crippen LogP) is 2.83. The molecule has 0 saturated carbocycles. The summed E-state index contributed by atoms with van der Waals surface area (Å²) in [5.41, 5.74) is 1.11. The van der Waals surface area contributed by atoms with E-state index in [1.54, 1.807) is 33.8 Å². The summed E-state index contributed by atoms with van der Waals surface area (Å²) in [6.07, 6.45) is 0.765. The maximum Gasteiger partial charge on any atom is 0.243 e. The molecule has 4 rings (SSSR count). The molecule has 5 nitrogen and oxygen atoms in total. The number of nitrogens with zero attached hydrogens (tertiary/aromatic N) is 1. The molecule has 0 aliphatic carbocycles. The molecule has 1 unspecified atom stereocenters. The number of fused-ring (bicyclic) bond motifs is 2. The van der Waals surface area contributed by atoms with E-state index in [1.165, 1.54) is 4.88 Å². The Morgan fingerprint density at radius 2 is 1.96 bits per heavy atom. The zero-order chi connectivity index (χ0) is 16.0. The summed E-state index contributed by atoms with van der Waals surface area (Å²) >= 11 is 1.70. The van der Waals surface area contributed by atoms with Crippen LogP contribution in [0.2, 0.25) is 0 Å². The van der Waals surface area contributed by atoms with Crippen LogP contribution in [0, 0.1) is 0 Å². The van der Waals surface area contributed by atoms with Gasteiger partial charge >= 0.3 is 0 Å². The van der Waals surface area contributed by atoms with Crippen molar-refractivity contribution in [2.75, 3.05) is 19.8 Å². The average molecular weight is 351 g/mol. The number of ether oxygens (including phenoxy) is 2. The minimum absolute atomic E-state index is 0.150. The van der Waals surface area contributed by atoms with Gasteiger partial charge in [-0.2, -0.15) is 4.31 Å². The maximum atomic E-state index is 13.0. The van der Waals surface area contributed by atoms with Gasteiger partial charge in [-0.1, -0.05) is 0 Å². The lowest BCUT2D eigenvalue weighted by Gasteiger charge is -2.32. The Morgan fingerprint density at radius 1 is 1.17 bits per heavy atom. The number of thiophene rings is 1. The summed E-state index contributed by atoms with van der Waals surface area (Å²) in [7, 11) is -3.56. The van der Waals surface area contributed by atoms with Crippen LogP contribution in [0.3, 0.4) is 0 Å². The van der Waals surface area contributed by atoms with Crippen LogP contribution in [0.4, 0.5) is 0 Å². The van der Waals surface area contributed by atoms with Gasteiger partial charge in [0.15, 0.2) is 11.5 Å². The third-order valence-electron chi connectivity index (χ3n) is 4.34. The zero-order valence-corrected chi connectivity index (χ0v) is 14.3. The first kappa shape index (κ1) is 15.0. The lowest BCUT2D eigenvalue weighted by Crippen LogP contribution is -2.38. The fraction of sp³-hybridized carbons (Fsp3) is 0.375. The van der Waals surface area contributed by atoms with Gasteiger partial charge in [-0.15, -0.1) is 11.3 Å². The molecule has 0 fully saturated rings. The van der Waals surface area contributed by atoms with Crippen molar-refractivity contribution < 1.29 is 17.9 Å². The highest BCUT2D eigenvalue weighted by molar-refractivity contribution is 7.89. The predicted molar refractivity (Wildman–Crippen MR) is 87.8 cm³/mol. The van der Waals surface area contributed by atoms with Gasteiger partial charge in [-0.3, -0.25) is 0 Å². The number of hydrogen-bond donors (Lipinski definition) is 0. The molecule has 0 spiro atoms. The molecule has 0 amide bonds. The Kier molecular flexibility index (Phi) is 3.59. The number of hydrogen-bond acceptors (Lipinski definition) is 5. The highest BCUT2D eigenvalue weighted by atomic mass is 32.2. The molecule has 0 radical (unpaired) electrons. The van der Waals surface area contributed by atoms with Gasteiger partial charge in [-0.25, -0.2) is 8.42 Å². The molecule has 7 heteroatoms. The Hall–Kier alpha value is -1.57. The first-order valence-electron chi connectivity index (χ1n) is 7.55. The van der Waals surface area contributed by atoms with E-state index in [9.17, 15) is 8.42 Å². The van der Waals surface area contributed by atoms with Crippen molar-refractivity contribution in [2.45, 2.75) is 24.3 Å². The molecule has 1 aromatic carbocycles. The molecule has 0 bridgehead atoms. The number of sulfonamides is 1.